The predicted molar refractivity (Wildman–Crippen MR) is 214 cm³/mol. The van der Waals surface area contributed by atoms with Crippen LogP contribution in [0.15, 0.2) is 97.3 Å². The van der Waals surface area contributed by atoms with E-state index in [1.54, 1.807) is 12.1 Å². The van der Waals surface area contributed by atoms with Crippen molar-refractivity contribution < 1.29 is 21.1 Å². The van der Waals surface area contributed by atoms with Crippen LogP contribution < -0.4 is 25.0 Å². The third-order valence-electron chi connectivity index (χ3n) is 9.30. The van der Waals surface area contributed by atoms with E-state index in [1.807, 2.05) is 81.4 Å². The number of aromatic nitrogens is 3. The number of rotatable bonds is 6. The first-order valence-corrected chi connectivity index (χ1v) is 17.2. The molecule has 0 unspecified atom stereocenters. The number of nitrogens with zero attached hydrogens (tertiary/aromatic N) is 8. The first-order valence-electron chi connectivity index (χ1n) is 17.2. The zero-order valence-corrected chi connectivity index (χ0v) is 33.1. The van der Waals surface area contributed by atoms with Crippen molar-refractivity contribution in [2.75, 3.05) is 34.1 Å². The van der Waals surface area contributed by atoms with Crippen LogP contribution >= 0.6 is 0 Å². The van der Waals surface area contributed by atoms with Crippen LogP contribution in [0.2, 0.25) is 0 Å². The smallest absolute Gasteiger partial charge is 0.657 e. The molecule has 10 heteroatoms. The molecule has 7 aromatic rings. The molecule has 3 aromatic heterocycles. The van der Waals surface area contributed by atoms with Crippen molar-refractivity contribution in [3.63, 3.8) is 0 Å². The summed E-state index contributed by atoms with van der Waals surface area (Å²) in [4.78, 5) is 19.7. The maximum absolute atomic E-state index is 8.88. The van der Waals surface area contributed by atoms with Crippen molar-refractivity contribution in [2.45, 2.75) is 27.7 Å². The van der Waals surface area contributed by atoms with E-state index >= 15 is 0 Å². The van der Waals surface area contributed by atoms with Gasteiger partial charge >= 0.3 is 21.1 Å². The third-order valence-corrected chi connectivity index (χ3v) is 9.30. The number of hydrogen-bond acceptors (Lipinski definition) is 8. The van der Waals surface area contributed by atoms with Crippen molar-refractivity contribution >= 4 is 50.4 Å². The van der Waals surface area contributed by atoms with Crippen LogP contribution in [0.5, 0.6) is 0 Å². The molecule has 0 radical (unpaired) electrons. The van der Waals surface area contributed by atoms with Gasteiger partial charge in [-0.05, 0) is 118 Å². The Bertz CT molecular complexity index is 2490. The maximum atomic E-state index is 8.88. The van der Waals surface area contributed by atoms with E-state index in [2.05, 4.69) is 112 Å². The van der Waals surface area contributed by atoms with E-state index < -0.39 is 0 Å². The summed E-state index contributed by atoms with van der Waals surface area (Å²) < 4.78 is 0. The Morgan fingerprint density at radius 1 is 0.833 bits per heavy atom. The number of nitrogens with one attached hydrogen (secondary N) is 1. The summed E-state index contributed by atoms with van der Waals surface area (Å²) >= 11 is 0. The van der Waals surface area contributed by atoms with E-state index in [1.165, 1.54) is 22.3 Å². The Morgan fingerprint density at radius 2 is 1.46 bits per heavy atom. The molecule has 0 atom stereocenters. The summed E-state index contributed by atoms with van der Waals surface area (Å²) in [7, 11) is 4.05. The van der Waals surface area contributed by atoms with Gasteiger partial charge in [0.15, 0.2) is 0 Å². The minimum atomic E-state index is 0. The summed E-state index contributed by atoms with van der Waals surface area (Å²) in [5, 5.41) is 23.1. The van der Waals surface area contributed by atoms with Crippen LogP contribution in [0.25, 0.3) is 32.9 Å². The van der Waals surface area contributed by atoms with Gasteiger partial charge in [0.05, 0.1) is 29.0 Å². The molecule has 0 saturated carbocycles. The maximum Gasteiger partial charge on any atom is 4.00 e. The Balaban J connectivity index is 0.000000231. The molecule has 0 spiro atoms. The molecule has 0 bridgehead atoms. The zero-order valence-electron chi connectivity index (χ0n) is 30.8. The van der Waals surface area contributed by atoms with E-state index in [4.69, 9.17) is 10.5 Å². The molecule has 0 aliphatic carbocycles. The molecule has 0 fully saturated rings. The average Bonchev–Trinajstić information content (AvgIpc) is 3.70. The van der Waals surface area contributed by atoms with Crippen LogP contribution in [0.4, 0.5) is 28.6 Å². The molecule has 268 valence electrons. The topological polar surface area (TPSA) is 109 Å². The van der Waals surface area contributed by atoms with Crippen LogP contribution in [0, 0.1) is 69.8 Å². The number of nitriles is 2. The minimum absolute atomic E-state index is 0. The van der Waals surface area contributed by atoms with Gasteiger partial charge in [-0.25, -0.2) is 4.98 Å². The van der Waals surface area contributed by atoms with Crippen molar-refractivity contribution in [3.8, 4) is 23.3 Å². The molecule has 1 N–H and O–H groups in total. The van der Waals surface area contributed by atoms with Crippen molar-refractivity contribution in [3.05, 3.63) is 150 Å². The van der Waals surface area contributed by atoms with Crippen molar-refractivity contribution in [1.82, 2.24) is 15.0 Å². The Kier molecular flexibility index (Phi) is 11.0. The molecular formula is C44H37N9Pt. The second-order valence-electron chi connectivity index (χ2n) is 13.2. The molecule has 8 rings (SSSR count). The van der Waals surface area contributed by atoms with Crippen LogP contribution in [-0.4, -0.2) is 24.1 Å². The first kappa shape index (κ1) is 37.6. The van der Waals surface area contributed by atoms with Gasteiger partial charge < -0.3 is 25.0 Å². The molecule has 9 nitrogen and oxygen atoms in total. The summed E-state index contributed by atoms with van der Waals surface area (Å²) in [6, 6.07) is 35.5. The van der Waals surface area contributed by atoms with Gasteiger partial charge in [0.1, 0.15) is 5.82 Å². The Labute approximate surface area is 330 Å². The molecular weight excluding hydrogens is 850 g/mol. The summed E-state index contributed by atoms with van der Waals surface area (Å²) in [5.74, 6) is 0.892. The van der Waals surface area contributed by atoms with Crippen LogP contribution in [-0.2, 0) is 21.1 Å². The SMILES string of the molecule is Cc1cc(C)c(-c2cc(N[CH-]N(C)c3cccnc3C)[c-]c(N3[CH-]N(C)c4cccnc43)c2)c(C)c1.N#Cc1ccc2[n-]c3ccc(C#N)cc3c2c1.[Pt+4]. The van der Waals surface area contributed by atoms with Gasteiger partial charge in [0, 0.05) is 23.8 Å². The molecule has 4 aromatic carbocycles. The molecule has 1 aliphatic heterocycles. The second-order valence-corrected chi connectivity index (χ2v) is 13.2. The largest absolute Gasteiger partial charge is 4.00 e. The first-order chi connectivity index (χ1) is 25.6. The number of hydrogen-bond donors (Lipinski definition) is 1. The summed E-state index contributed by atoms with van der Waals surface area (Å²) in [6.45, 7) is 12.5. The third kappa shape index (κ3) is 7.51. The van der Waals surface area contributed by atoms with E-state index in [9.17, 15) is 0 Å². The van der Waals surface area contributed by atoms with Gasteiger partial charge in [-0.2, -0.15) is 23.9 Å². The molecule has 0 amide bonds. The number of pyridine rings is 2. The second kappa shape index (κ2) is 15.8. The van der Waals surface area contributed by atoms with Gasteiger partial charge in [-0.3, -0.25) is 4.98 Å². The van der Waals surface area contributed by atoms with E-state index in [-0.39, 0.29) is 21.1 Å². The van der Waals surface area contributed by atoms with Crippen molar-refractivity contribution in [1.29, 1.82) is 10.5 Å². The summed E-state index contributed by atoms with van der Waals surface area (Å²) in [6.07, 6.45) is 3.64. The standard InChI is InChI=1S/C30H31N6.C14H6N3.Pt/c1-20-13-21(2)29(22(3)14-20)24-15-25(33-18-34(5)27-9-7-11-31-23(27)4)17-26(16-24)36-19-35(6)28-10-8-12-32-30(28)36;15-7-9-1-3-13-11(5-9)12-6-10(8-16)2-4-14(12)17-13;/h7-16,18-19,33H,1-6H3;1-6H;/q-3;-1;+4. The summed E-state index contributed by atoms with van der Waals surface area (Å²) in [5.41, 5.74) is 13.9. The van der Waals surface area contributed by atoms with Gasteiger partial charge in [0.25, 0.3) is 0 Å². The normalized spacial score (nSPS) is 11.6. The molecule has 1 aliphatic rings. The van der Waals surface area contributed by atoms with E-state index in [0.29, 0.717) is 11.1 Å². The number of fused-ring (bicyclic) bond motifs is 4. The van der Waals surface area contributed by atoms with Crippen LogP contribution in [0.1, 0.15) is 33.5 Å². The predicted octanol–water partition coefficient (Wildman–Crippen LogP) is 9.24. The van der Waals surface area contributed by atoms with E-state index in [0.717, 1.165) is 61.6 Å². The fourth-order valence-electron chi connectivity index (χ4n) is 6.91. The molecule has 4 heterocycles. The van der Waals surface area contributed by atoms with Crippen LogP contribution in [0.3, 0.4) is 0 Å². The number of benzene rings is 4. The Hall–Kier alpha value is -6.15. The monoisotopic (exact) mass is 886 g/mol. The fraction of sp³-hybridized carbons (Fsp3) is 0.136. The van der Waals surface area contributed by atoms with Crippen molar-refractivity contribution in [2.24, 2.45) is 0 Å². The quantitative estimate of drug-likeness (QED) is 0.164. The van der Waals surface area contributed by atoms with Gasteiger partial charge in [-0.15, -0.1) is 46.2 Å². The minimum Gasteiger partial charge on any atom is -0.657 e. The Morgan fingerprint density at radius 3 is 2.09 bits per heavy atom. The van der Waals surface area contributed by atoms with Gasteiger partial charge in [-0.1, -0.05) is 29.8 Å². The molecule has 0 saturated heterocycles. The number of aryl methyl sites for hydroxylation is 4. The zero-order chi connectivity index (χ0) is 37.2. The fourth-order valence-corrected chi connectivity index (χ4v) is 6.91. The average molecular weight is 887 g/mol. The number of anilines is 5. The molecule has 54 heavy (non-hydrogen) atoms. The van der Waals surface area contributed by atoms with Gasteiger partial charge in [0.2, 0.25) is 0 Å².